The van der Waals surface area contributed by atoms with Crippen molar-refractivity contribution in [3.05, 3.63) is 117 Å². The molecule has 0 saturated heterocycles. The second-order valence-corrected chi connectivity index (χ2v) is 9.21. The molecule has 1 amide bonds. The van der Waals surface area contributed by atoms with Crippen molar-refractivity contribution in [3.8, 4) is 5.75 Å². The van der Waals surface area contributed by atoms with Gasteiger partial charge < -0.3 is 10.1 Å². The van der Waals surface area contributed by atoms with E-state index in [1.807, 2.05) is 72.8 Å². The van der Waals surface area contributed by atoms with Gasteiger partial charge >= 0.3 is 5.76 Å². The summed E-state index contributed by atoms with van der Waals surface area (Å²) < 4.78 is 10.6. The number of hydrogen-bond acceptors (Lipinski definition) is 5. The highest BCUT2D eigenvalue weighted by molar-refractivity contribution is 5.97. The highest BCUT2D eigenvalue weighted by atomic mass is 16.5. The van der Waals surface area contributed by atoms with Crippen LogP contribution in [-0.2, 0) is 19.4 Å². The molecule has 0 aliphatic carbocycles. The molecule has 0 radical (unpaired) electrons. The van der Waals surface area contributed by atoms with Gasteiger partial charge in [0.2, 0.25) is 0 Å². The lowest BCUT2D eigenvalue weighted by Gasteiger charge is -2.22. The Morgan fingerprint density at radius 3 is 2.33 bits per heavy atom. The number of benzene rings is 3. The predicted molar refractivity (Wildman–Crippen MR) is 138 cm³/mol. The van der Waals surface area contributed by atoms with Crippen LogP contribution in [0.15, 0.2) is 88.2 Å². The molecule has 0 fully saturated rings. The molecule has 7 nitrogen and oxygen atoms in total. The number of rotatable bonds is 11. The molecule has 2 N–H and O–H groups in total. The highest BCUT2D eigenvalue weighted by Gasteiger charge is 2.19. The smallest absolute Gasteiger partial charge is 0.438 e. The van der Waals surface area contributed by atoms with Crippen molar-refractivity contribution in [3.63, 3.8) is 0 Å². The summed E-state index contributed by atoms with van der Waals surface area (Å²) in [7, 11) is 0. The fraction of sp³-hybridized carbons (Fsp3) is 0.276. The first-order chi connectivity index (χ1) is 17.5. The van der Waals surface area contributed by atoms with Gasteiger partial charge in [0.05, 0.1) is 11.6 Å². The Bertz CT molecular complexity index is 1310. The minimum Gasteiger partial charge on any atom is -0.488 e. The van der Waals surface area contributed by atoms with Gasteiger partial charge in [-0.05, 0) is 47.6 Å². The van der Waals surface area contributed by atoms with Crippen LogP contribution < -0.4 is 15.8 Å². The summed E-state index contributed by atoms with van der Waals surface area (Å²) in [5.74, 6) is 0.821. The maximum atomic E-state index is 13.3. The zero-order valence-corrected chi connectivity index (χ0v) is 20.6. The van der Waals surface area contributed by atoms with Crippen LogP contribution >= 0.6 is 0 Å². The summed E-state index contributed by atoms with van der Waals surface area (Å²) in [6.45, 7) is 4.65. The molecule has 1 heterocycles. The Morgan fingerprint density at radius 1 is 0.944 bits per heavy atom. The molecule has 4 rings (SSSR count). The predicted octanol–water partition coefficient (Wildman–Crippen LogP) is 5.24. The number of aromatic nitrogens is 2. The minimum atomic E-state index is -0.540. The summed E-state index contributed by atoms with van der Waals surface area (Å²) in [5, 5.41) is 6.89. The molecule has 7 heteroatoms. The highest BCUT2D eigenvalue weighted by Crippen LogP contribution is 2.24. The van der Waals surface area contributed by atoms with Gasteiger partial charge in [-0.3, -0.25) is 14.3 Å². The second-order valence-electron chi connectivity index (χ2n) is 9.21. The van der Waals surface area contributed by atoms with Crippen LogP contribution in [0.4, 0.5) is 0 Å². The Labute approximate surface area is 210 Å². The van der Waals surface area contributed by atoms with Crippen LogP contribution in [0, 0.1) is 5.92 Å². The van der Waals surface area contributed by atoms with Crippen LogP contribution in [-0.4, -0.2) is 16.0 Å². The molecule has 4 aromatic rings. The molecule has 1 unspecified atom stereocenters. The molecule has 1 aromatic heterocycles. The first-order valence-electron chi connectivity index (χ1n) is 12.2. The van der Waals surface area contributed by atoms with E-state index < -0.39 is 5.76 Å². The first-order valence-corrected chi connectivity index (χ1v) is 12.2. The zero-order chi connectivity index (χ0) is 25.3. The van der Waals surface area contributed by atoms with E-state index in [1.54, 1.807) is 6.07 Å². The summed E-state index contributed by atoms with van der Waals surface area (Å²) in [4.78, 5) is 26.8. The van der Waals surface area contributed by atoms with E-state index >= 15 is 0 Å². The largest absolute Gasteiger partial charge is 0.488 e. The molecule has 0 saturated carbocycles. The molecular formula is C29H31N3O4. The molecule has 186 valence electrons. The fourth-order valence-electron chi connectivity index (χ4n) is 4.05. The lowest BCUT2D eigenvalue weighted by molar-refractivity contribution is 0.0927. The molecular weight excluding hydrogens is 454 g/mol. The van der Waals surface area contributed by atoms with Crippen molar-refractivity contribution in [1.82, 2.24) is 15.5 Å². The summed E-state index contributed by atoms with van der Waals surface area (Å²) in [6.07, 6.45) is 2.16. The van der Waals surface area contributed by atoms with Gasteiger partial charge in [0.25, 0.3) is 5.91 Å². The molecule has 1 atom stereocenters. The van der Waals surface area contributed by atoms with E-state index in [1.165, 1.54) is 0 Å². The van der Waals surface area contributed by atoms with E-state index in [0.29, 0.717) is 36.1 Å². The average Bonchev–Trinajstić information content (AvgIpc) is 3.32. The van der Waals surface area contributed by atoms with E-state index in [-0.39, 0.29) is 11.9 Å². The molecule has 3 aromatic carbocycles. The molecule has 0 aliphatic rings. The third-order valence-electron chi connectivity index (χ3n) is 5.90. The maximum absolute atomic E-state index is 13.3. The van der Waals surface area contributed by atoms with Gasteiger partial charge in [-0.15, -0.1) is 0 Å². The standard InChI is InChI=1S/C29H31N3O4/c1-20(2)18-25(23-8-4-3-5-9-23)30-28(33)24-10-6-7-11-26(24)35-19-22-14-12-21(13-15-22)16-17-27-31-29(34)36-32-27/h3-15,20,25H,16-19H2,1-2H3,(H,30,33)(H,31,32,34). The topological polar surface area (TPSA) is 97.2 Å². The van der Waals surface area contributed by atoms with Crippen LogP contribution in [0.1, 0.15) is 59.2 Å². The van der Waals surface area contributed by atoms with E-state index in [2.05, 4.69) is 33.8 Å². The van der Waals surface area contributed by atoms with Crippen LogP contribution in [0.5, 0.6) is 5.75 Å². The Kier molecular flexibility index (Phi) is 8.34. The van der Waals surface area contributed by atoms with Crippen LogP contribution in [0.25, 0.3) is 0 Å². The Morgan fingerprint density at radius 2 is 1.64 bits per heavy atom. The Hall–Kier alpha value is -4.13. The number of carbonyl (C=O) groups is 1. The monoisotopic (exact) mass is 485 g/mol. The maximum Gasteiger partial charge on any atom is 0.438 e. The van der Waals surface area contributed by atoms with Crippen molar-refractivity contribution >= 4 is 5.91 Å². The minimum absolute atomic E-state index is 0.0746. The third-order valence-corrected chi connectivity index (χ3v) is 5.90. The lowest BCUT2D eigenvalue weighted by Crippen LogP contribution is -2.29. The van der Waals surface area contributed by atoms with Crippen molar-refractivity contribution in [2.24, 2.45) is 5.92 Å². The molecule has 0 spiro atoms. The van der Waals surface area contributed by atoms with Gasteiger partial charge in [-0.2, -0.15) is 0 Å². The number of H-pyrrole nitrogens is 1. The SMILES string of the molecule is CC(C)CC(NC(=O)c1ccccc1OCc1ccc(CCc2noc(=O)[nH]2)cc1)c1ccccc1. The number of carbonyl (C=O) groups excluding carboxylic acids is 1. The number of hydrogen-bond donors (Lipinski definition) is 2. The lowest BCUT2D eigenvalue weighted by atomic mass is 9.96. The normalized spacial score (nSPS) is 11.9. The molecule has 0 bridgehead atoms. The van der Waals surface area contributed by atoms with Crippen molar-refractivity contribution in [2.75, 3.05) is 0 Å². The van der Waals surface area contributed by atoms with Gasteiger partial charge in [0.15, 0.2) is 5.82 Å². The summed E-state index contributed by atoms with van der Waals surface area (Å²) in [6, 6.07) is 25.3. The van der Waals surface area contributed by atoms with Gasteiger partial charge in [0, 0.05) is 6.42 Å². The van der Waals surface area contributed by atoms with E-state index in [9.17, 15) is 9.59 Å². The number of ether oxygens (including phenoxy) is 1. The molecule has 36 heavy (non-hydrogen) atoms. The van der Waals surface area contributed by atoms with Crippen molar-refractivity contribution in [1.29, 1.82) is 0 Å². The average molecular weight is 486 g/mol. The quantitative estimate of drug-likeness (QED) is 0.303. The van der Waals surface area contributed by atoms with E-state index in [4.69, 9.17) is 4.74 Å². The second kappa shape index (κ2) is 12.0. The number of nitrogens with zero attached hydrogens (tertiary/aromatic N) is 1. The molecule has 0 aliphatic heterocycles. The number of para-hydroxylation sites is 1. The van der Waals surface area contributed by atoms with Gasteiger partial charge in [-0.1, -0.05) is 85.7 Å². The van der Waals surface area contributed by atoms with Crippen molar-refractivity contribution in [2.45, 2.75) is 45.8 Å². The first kappa shape index (κ1) is 25.0. The Balaban J connectivity index is 1.38. The number of aryl methyl sites for hydroxylation is 2. The van der Waals surface area contributed by atoms with Crippen molar-refractivity contribution < 1.29 is 14.1 Å². The number of nitrogens with one attached hydrogen (secondary N) is 2. The van der Waals surface area contributed by atoms with E-state index in [0.717, 1.165) is 29.5 Å². The number of aromatic amines is 1. The number of amides is 1. The van der Waals surface area contributed by atoms with Crippen LogP contribution in [0.3, 0.4) is 0 Å². The summed E-state index contributed by atoms with van der Waals surface area (Å²) >= 11 is 0. The zero-order valence-electron chi connectivity index (χ0n) is 20.6. The fourth-order valence-corrected chi connectivity index (χ4v) is 4.05. The van der Waals surface area contributed by atoms with Gasteiger partial charge in [0.1, 0.15) is 12.4 Å². The third kappa shape index (κ3) is 6.95. The van der Waals surface area contributed by atoms with Gasteiger partial charge in [-0.25, -0.2) is 4.79 Å². The summed E-state index contributed by atoms with van der Waals surface area (Å²) in [5.41, 5.74) is 3.71. The van der Waals surface area contributed by atoms with Crippen LogP contribution in [0.2, 0.25) is 0 Å².